The number of hydrogen-bond donors (Lipinski definition) is 0. The lowest BCUT2D eigenvalue weighted by molar-refractivity contribution is -0.141. The number of alkyl halides is 3. The molecule has 0 aliphatic carbocycles. The lowest BCUT2D eigenvalue weighted by atomic mass is 9.98. The number of carbonyl (C=O) groups excluding carboxylic acids is 1. The van der Waals surface area contributed by atoms with E-state index in [4.69, 9.17) is 0 Å². The van der Waals surface area contributed by atoms with E-state index in [2.05, 4.69) is 9.72 Å². The van der Waals surface area contributed by atoms with Crippen LogP contribution in [0.3, 0.4) is 0 Å². The van der Waals surface area contributed by atoms with Crippen LogP contribution in [0.5, 0.6) is 0 Å². The zero-order chi connectivity index (χ0) is 17.3. The third kappa shape index (κ3) is 2.95. The van der Waals surface area contributed by atoms with Gasteiger partial charge in [0.1, 0.15) is 5.69 Å². The number of halogens is 3. The van der Waals surface area contributed by atoms with Crippen LogP contribution in [0.2, 0.25) is 0 Å². The maximum atomic E-state index is 12.6. The van der Waals surface area contributed by atoms with Crippen LogP contribution in [0.4, 0.5) is 13.2 Å². The van der Waals surface area contributed by atoms with Gasteiger partial charge in [0, 0.05) is 11.8 Å². The molecular formula is C18H12F3NO2. The SMILES string of the molecule is COC(=O)c1ccc2c(-c3ccc(C(F)(F)F)nc3)cccc2c1. The van der Waals surface area contributed by atoms with Crippen molar-refractivity contribution in [1.29, 1.82) is 0 Å². The van der Waals surface area contributed by atoms with Gasteiger partial charge in [0.25, 0.3) is 0 Å². The lowest BCUT2D eigenvalue weighted by Gasteiger charge is -2.10. The summed E-state index contributed by atoms with van der Waals surface area (Å²) >= 11 is 0. The summed E-state index contributed by atoms with van der Waals surface area (Å²) in [6, 6.07) is 12.8. The van der Waals surface area contributed by atoms with Crippen molar-refractivity contribution in [2.45, 2.75) is 6.18 Å². The number of pyridine rings is 1. The smallest absolute Gasteiger partial charge is 0.433 e. The summed E-state index contributed by atoms with van der Waals surface area (Å²) in [4.78, 5) is 15.1. The normalized spacial score (nSPS) is 11.5. The van der Waals surface area contributed by atoms with Gasteiger partial charge >= 0.3 is 12.1 Å². The average Bonchev–Trinajstić information content (AvgIpc) is 2.59. The van der Waals surface area contributed by atoms with Gasteiger partial charge in [0.05, 0.1) is 12.7 Å². The minimum atomic E-state index is -4.47. The number of rotatable bonds is 2. The van der Waals surface area contributed by atoms with E-state index in [1.165, 1.54) is 19.4 Å². The Balaban J connectivity index is 2.08. The van der Waals surface area contributed by atoms with Crippen LogP contribution in [0.1, 0.15) is 16.1 Å². The summed E-state index contributed by atoms with van der Waals surface area (Å²) in [5.74, 6) is -0.446. The second-order valence-corrected chi connectivity index (χ2v) is 5.16. The molecular weight excluding hydrogens is 319 g/mol. The van der Waals surface area contributed by atoms with E-state index in [9.17, 15) is 18.0 Å². The summed E-state index contributed by atoms with van der Waals surface area (Å²) in [6.07, 6.45) is -3.27. The van der Waals surface area contributed by atoms with Crippen molar-refractivity contribution in [2.24, 2.45) is 0 Å². The Kier molecular flexibility index (Phi) is 3.97. The molecule has 0 N–H and O–H groups in total. The van der Waals surface area contributed by atoms with Crippen LogP contribution in [-0.4, -0.2) is 18.1 Å². The number of hydrogen-bond acceptors (Lipinski definition) is 3. The van der Waals surface area contributed by atoms with E-state index in [-0.39, 0.29) is 0 Å². The molecule has 3 nitrogen and oxygen atoms in total. The van der Waals surface area contributed by atoms with Crippen LogP contribution in [0.25, 0.3) is 21.9 Å². The van der Waals surface area contributed by atoms with E-state index in [1.54, 1.807) is 30.3 Å². The van der Waals surface area contributed by atoms with Gasteiger partial charge in [-0.15, -0.1) is 0 Å². The molecule has 0 bridgehead atoms. The predicted molar refractivity (Wildman–Crippen MR) is 83.5 cm³/mol. The van der Waals surface area contributed by atoms with Gasteiger partial charge in [-0.1, -0.05) is 30.3 Å². The molecule has 0 saturated carbocycles. The zero-order valence-electron chi connectivity index (χ0n) is 12.6. The van der Waals surface area contributed by atoms with Gasteiger partial charge in [0.2, 0.25) is 0 Å². The summed E-state index contributed by atoms with van der Waals surface area (Å²) in [5.41, 5.74) is 0.789. The van der Waals surface area contributed by atoms with E-state index < -0.39 is 17.8 Å². The first-order chi connectivity index (χ1) is 11.4. The molecule has 0 saturated heterocycles. The van der Waals surface area contributed by atoms with Gasteiger partial charge in [-0.3, -0.25) is 4.98 Å². The number of fused-ring (bicyclic) bond motifs is 1. The van der Waals surface area contributed by atoms with Crippen LogP contribution in [0.15, 0.2) is 54.7 Å². The highest BCUT2D eigenvalue weighted by Gasteiger charge is 2.32. The maximum absolute atomic E-state index is 12.6. The molecule has 0 fully saturated rings. The molecule has 3 rings (SSSR count). The second-order valence-electron chi connectivity index (χ2n) is 5.16. The Bertz CT molecular complexity index is 902. The second kappa shape index (κ2) is 5.96. The van der Waals surface area contributed by atoms with Crippen molar-refractivity contribution in [3.05, 3.63) is 66.0 Å². The van der Waals surface area contributed by atoms with Crippen LogP contribution in [0, 0.1) is 0 Å². The van der Waals surface area contributed by atoms with Crippen molar-refractivity contribution >= 4 is 16.7 Å². The standard InChI is InChI=1S/C18H12F3NO2/c1-24-17(23)12-5-7-15-11(9-12)3-2-4-14(15)13-6-8-16(22-10-13)18(19,20)21/h2-10H,1H3. The van der Waals surface area contributed by atoms with Gasteiger partial charge in [-0.05, 0) is 34.5 Å². The number of aromatic nitrogens is 1. The molecule has 24 heavy (non-hydrogen) atoms. The Morgan fingerprint density at radius 1 is 1.08 bits per heavy atom. The minimum Gasteiger partial charge on any atom is -0.465 e. The number of carbonyl (C=O) groups is 1. The van der Waals surface area contributed by atoms with Gasteiger partial charge in [-0.25, -0.2) is 4.79 Å². The molecule has 2 aromatic carbocycles. The first kappa shape index (κ1) is 16.0. The molecule has 0 aliphatic heterocycles. The van der Waals surface area contributed by atoms with Crippen molar-refractivity contribution in [1.82, 2.24) is 4.98 Å². The van der Waals surface area contributed by atoms with E-state index in [0.717, 1.165) is 22.4 Å². The number of benzene rings is 2. The quantitative estimate of drug-likeness (QED) is 0.639. The first-order valence-corrected chi connectivity index (χ1v) is 7.05. The Morgan fingerprint density at radius 3 is 2.50 bits per heavy atom. The van der Waals surface area contributed by atoms with E-state index in [1.807, 2.05) is 6.07 Å². The molecule has 0 spiro atoms. The van der Waals surface area contributed by atoms with Crippen molar-refractivity contribution in [2.75, 3.05) is 7.11 Å². The molecule has 6 heteroatoms. The number of esters is 1. The Morgan fingerprint density at radius 2 is 1.88 bits per heavy atom. The highest BCUT2D eigenvalue weighted by Crippen LogP contribution is 2.32. The van der Waals surface area contributed by atoms with Crippen molar-refractivity contribution < 1.29 is 22.7 Å². The lowest BCUT2D eigenvalue weighted by Crippen LogP contribution is -2.07. The monoisotopic (exact) mass is 331 g/mol. The number of nitrogens with zero attached hydrogens (tertiary/aromatic N) is 1. The molecule has 1 heterocycles. The van der Waals surface area contributed by atoms with Gasteiger partial charge < -0.3 is 4.74 Å². The largest absolute Gasteiger partial charge is 0.465 e. The fourth-order valence-corrected chi connectivity index (χ4v) is 2.50. The third-order valence-corrected chi connectivity index (χ3v) is 3.67. The number of methoxy groups -OCH3 is 1. The van der Waals surface area contributed by atoms with Gasteiger partial charge in [-0.2, -0.15) is 13.2 Å². The fraction of sp³-hybridized carbons (Fsp3) is 0.111. The van der Waals surface area contributed by atoms with Gasteiger partial charge in [0.15, 0.2) is 0 Å². The third-order valence-electron chi connectivity index (χ3n) is 3.67. The zero-order valence-corrected chi connectivity index (χ0v) is 12.6. The Labute approximate surface area is 135 Å². The van der Waals surface area contributed by atoms with Crippen LogP contribution < -0.4 is 0 Å². The summed E-state index contributed by atoms with van der Waals surface area (Å²) in [5, 5.41) is 1.60. The first-order valence-electron chi connectivity index (χ1n) is 7.05. The number of ether oxygens (including phenoxy) is 1. The summed E-state index contributed by atoms with van der Waals surface area (Å²) < 4.78 is 42.6. The molecule has 0 amide bonds. The van der Waals surface area contributed by atoms with E-state index in [0.29, 0.717) is 11.1 Å². The molecule has 0 unspecified atom stereocenters. The van der Waals surface area contributed by atoms with Crippen molar-refractivity contribution in [3.8, 4) is 11.1 Å². The summed E-state index contributed by atoms with van der Waals surface area (Å²) in [6.45, 7) is 0. The molecule has 122 valence electrons. The summed E-state index contributed by atoms with van der Waals surface area (Å²) in [7, 11) is 1.30. The topological polar surface area (TPSA) is 39.2 Å². The molecule has 0 atom stereocenters. The molecule has 0 aliphatic rings. The fourth-order valence-electron chi connectivity index (χ4n) is 2.50. The predicted octanol–water partition coefficient (Wildman–Crippen LogP) is 4.71. The molecule has 1 aromatic heterocycles. The van der Waals surface area contributed by atoms with Crippen molar-refractivity contribution in [3.63, 3.8) is 0 Å². The highest BCUT2D eigenvalue weighted by atomic mass is 19.4. The van der Waals surface area contributed by atoms with Crippen LogP contribution >= 0.6 is 0 Å². The maximum Gasteiger partial charge on any atom is 0.433 e. The average molecular weight is 331 g/mol. The van der Waals surface area contributed by atoms with E-state index >= 15 is 0 Å². The minimum absolute atomic E-state index is 0.410. The van der Waals surface area contributed by atoms with Crippen LogP contribution in [-0.2, 0) is 10.9 Å². The molecule has 3 aromatic rings. The highest BCUT2D eigenvalue weighted by molar-refractivity contribution is 6.01. The molecule has 0 radical (unpaired) electrons. The Hall–Kier alpha value is -2.89.